The Morgan fingerprint density at radius 1 is 0.974 bits per heavy atom. The van der Waals surface area contributed by atoms with Crippen LogP contribution in [0.3, 0.4) is 0 Å². The molecule has 2 heterocycles. The number of carbonyl (C=O) groups is 1. The fourth-order valence-corrected chi connectivity index (χ4v) is 4.57. The second-order valence-corrected chi connectivity index (χ2v) is 9.02. The van der Waals surface area contributed by atoms with Crippen molar-refractivity contribution in [3.8, 4) is 23.0 Å². The standard InChI is InChI=1S/C28H32N2O8/c1-35-20-7-5-19(6-8-20)30-12-10-29(11-13-30)17-21-15-24(32)27(34)28(38-21)22(16-26(33)37-3)18-4-9-23(31)25(14-18)36-2/h4-9,14-15,22,31,34H,10-13,16-17H2,1-3H3/t22-/m0/s1. The van der Waals surface area contributed by atoms with E-state index in [4.69, 9.17) is 18.6 Å². The Morgan fingerprint density at radius 2 is 1.68 bits per heavy atom. The number of hydrogen-bond donors (Lipinski definition) is 2. The highest BCUT2D eigenvalue weighted by Gasteiger charge is 2.28. The number of ether oxygens (including phenoxy) is 3. The number of rotatable bonds is 9. The molecule has 38 heavy (non-hydrogen) atoms. The lowest BCUT2D eigenvalue weighted by Crippen LogP contribution is -2.46. The molecule has 1 fully saturated rings. The fraction of sp³-hybridized carbons (Fsp3) is 0.357. The molecule has 0 bridgehead atoms. The van der Waals surface area contributed by atoms with Crippen molar-refractivity contribution in [1.82, 2.24) is 4.90 Å². The molecule has 0 unspecified atom stereocenters. The smallest absolute Gasteiger partial charge is 0.306 e. The maximum atomic E-state index is 12.7. The van der Waals surface area contributed by atoms with Crippen molar-refractivity contribution in [3.63, 3.8) is 0 Å². The van der Waals surface area contributed by atoms with Crippen LogP contribution in [-0.2, 0) is 16.1 Å². The van der Waals surface area contributed by atoms with Gasteiger partial charge < -0.3 is 33.7 Å². The summed E-state index contributed by atoms with van der Waals surface area (Å²) in [5, 5.41) is 20.7. The van der Waals surface area contributed by atoms with Crippen LogP contribution in [0.1, 0.15) is 29.4 Å². The second-order valence-electron chi connectivity index (χ2n) is 9.02. The van der Waals surface area contributed by atoms with Gasteiger partial charge in [0.05, 0.1) is 40.2 Å². The first-order chi connectivity index (χ1) is 18.3. The predicted molar refractivity (Wildman–Crippen MR) is 140 cm³/mol. The van der Waals surface area contributed by atoms with E-state index in [1.165, 1.54) is 32.4 Å². The summed E-state index contributed by atoms with van der Waals surface area (Å²) in [7, 11) is 4.30. The highest BCUT2D eigenvalue weighted by molar-refractivity contribution is 5.71. The molecule has 2 N–H and O–H groups in total. The van der Waals surface area contributed by atoms with Crippen LogP contribution in [0.2, 0.25) is 0 Å². The van der Waals surface area contributed by atoms with E-state index >= 15 is 0 Å². The first-order valence-corrected chi connectivity index (χ1v) is 12.2. The van der Waals surface area contributed by atoms with Gasteiger partial charge in [-0.3, -0.25) is 14.5 Å². The molecular formula is C28H32N2O8. The lowest BCUT2D eigenvalue weighted by atomic mass is 9.92. The van der Waals surface area contributed by atoms with Crippen LogP contribution < -0.4 is 19.8 Å². The molecule has 0 spiro atoms. The number of phenolic OH excluding ortho intramolecular Hbond substituents is 1. The van der Waals surface area contributed by atoms with Crippen molar-refractivity contribution in [2.45, 2.75) is 18.9 Å². The molecule has 2 aromatic carbocycles. The summed E-state index contributed by atoms with van der Waals surface area (Å²) in [6.07, 6.45) is -0.190. The molecule has 0 amide bonds. The molecule has 1 aliphatic heterocycles. The van der Waals surface area contributed by atoms with Gasteiger partial charge in [-0.05, 0) is 42.0 Å². The van der Waals surface area contributed by atoms with Gasteiger partial charge in [-0.1, -0.05) is 6.07 Å². The van der Waals surface area contributed by atoms with E-state index in [0.717, 1.165) is 37.6 Å². The van der Waals surface area contributed by atoms with Crippen molar-refractivity contribution in [2.75, 3.05) is 52.4 Å². The molecule has 1 aliphatic rings. The van der Waals surface area contributed by atoms with Crippen LogP contribution in [-0.4, -0.2) is 68.6 Å². The predicted octanol–water partition coefficient (Wildman–Crippen LogP) is 3.09. The molecule has 10 heteroatoms. The summed E-state index contributed by atoms with van der Waals surface area (Å²) in [5.41, 5.74) is 1.02. The maximum Gasteiger partial charge on any atom is 0.306 e. The fourth-order valence-electron chi connectivity index (χ4n) is 4.57. The quantitative estimate of drug-likeness (QED) is 0.404. The number of benzene rings is 2. The van der Waals surface area contributed by atoms with Crippen LogP contribution >= 0.6 is 0 Å². The van der Waals surface area contributed by atoms with Crippen molar-refractivity contribution in [1.29, 1.82) is 0 Å². The molecule has 4 rings (SSSR count). The Hall–Kier alpha value is -4.18. The van der Waals surface area contributed by atoms with Gasteiger partial charge in [0, 0.05) is 37.9 Å². The molecule has 10 nitrogen and oxygen atoms in total. The van der Waals surface area contributed by atoms with Gasteiger partial charge in [-0.15, -0.1) is 0 Å². The maximum absolute atomic E-state index is 12.7. The minimum absolute atomic E-state index is 0.0393. The summed E-state index contributed by atoms with van der Waals surface area (Å²) in [4.78, 5) is 29.4. The minimum Gasteiger partial charge on any atom is -0.504 e. The highest BCUT2D eigenvalue weighted by Crippen LogP contribution is 2.37. The Balaban J connectivity index is 1.55. The Bertz CT molecular complexity index is 1310. The summed E-state index contributed by atoms with van der Waals surface area (Å²) in [5.74, 6) is -0.711. The van der Waals surface area contributed by atoms with E-state index in [0.29, 0.717) is 17.9 Å². The van der Waals surface area contributed by atoms with Crippen LogP contribution in [0.4, 0.5) is 5.69 Å². The third kappa shape index (κ3) is 6.03. The van der Waals surface area contributed by atoms with Crippen molar-refractivity contribution >= 4 is 11.7 Å². The van der Waals surface area contributed by atoms with E-state index in [2.05, 4.69) is 9.80 Å². The van der Waals surface area contributed by atoms with Gasteiger partial charge in [-0.2, -0.15) is 0 Å². The Morgan fingerprint density at radius 3 is 2.32 bits per heavy atom. The Labute approximate surface area is 220 Å². The third-order valence-electron chi connectivity index (χ3n) is 6.71. The van der Waals surface area contributed by atoms with Crippen LogP contribution in [0.25, 0.3) is 0 Å². The zero-order valence-corrected chi connectivity index (χ0v) is 21.7. The number of carbonyl (C=O) groups excluding carboxylic acids is 1. The number of esters is 1. The lowest BCUT2D eigenvalue weighted by Gasteiger charge is -2.36. The molecule has 3 aromatic rings. The topological polar surface area (TPSA) is 122 Å². The number of hydrogen-bond acceptors (Lipinski definition) is 10. The first kappa shape index (κ1) is 26.9. The summed E-state index contributed by atoms with van der Waals surface area (Å²) in [6.45, 7) is 3.43. The van der Waals surface area contributed by atoms with Gasteiger partial charge in [0.1, 0.15) is 11.5 Å². The summed E-state index contributed by atoms with van der Waals surface area (Å²) >= 11 is 0. The van der Waals surface area contributed by atoms with Crippen molar-refractivity contribution in [2.24, 2.45) is 0 Å². The van der Waals surface area contributed by atoms with Gasteiger partial charge in [0.2, 0.25) is 11.2 Å². The first-order valence-electron chi connectivity index (χ1n) is 12.2. The average Bonchev–Trinajstić information content (AvgIpc) is 2.94. The third-order valence-corrected chi connectivity index (χ3v) is 6.71. The van der Waals surface area contributed by atoms with Gasteiger partial charge in [-0.25, -0.2) is 0 Å². The molecular weight excluding hydrogens is 492 g/mol. The van der Waals surface area contributed by atoms with Crippen LogP contribution in [0, 0.1) is 0 Å². The van der Waals surface area contributed by atoms with E-state index in [9.17, 15) is 19.8 Å². The molecule has 202 valence electrons. The molecule has 1 saturated heterocycles. The normalized spacial score (nSPS) is 14.7. The van der Waals surface area contributed by atoms with E-state index in [1.54, 1.807) is 13.2 Å². The number of anilines is 1. The number of methoxy groups -OCH3 is 3. The summed E-state index contributed by atoms with van der Waals surface area (Å²) < 4.78 is 21.3. The zero-order chi connectivity index (χ0) is 27.2. The van der Waals surface area contributed by atoms with Gasteiger partial charge in [0.25, 0.3) is 0 Å². The summed E-state index contributed by atoms with van der Waals surface area (Å²) in [6, 6.07) is 13.7. The van der Waals surface area contributed by atoms with E-state index in [1.807, 2.05) is 24.3 Å². The molecule has 1 atom stereocenters. The number of aromatic hydroxyl groups is 2. The second kappa shape index (κ2) is 11.9. The zero-order valence-electron chi connectivity index (χ0n) is 21.7. The van der Waals surface area contributed by atoms with Gasteiger partial charge in [0.15, 0.2) is 17.3 Å². The van der Waals surface area contributed by atoms with Gasteiger partial charge >= 0.3 is 5.97 Å². The number of nitrogens with zero attached hydrogens (tertiary/aromatic N) is 2. The number of phenols is 1. The largest absolute Gasteiger partial charge is 0.504 e. The SMILES string of the molecule is COC(=O)C[C@@H](c1ccc(O)c(OC)c1)c1oc(CN2CCN(c3ccc(OC)cc3)CC2)cc(=O)c1O. The molecule has 0 radical (unpaired) electrons. The lowest BCUT2D eigenvalue weighted by molar-refractivity contribution is -0.140. The molecule has 1 aromatic heterocycles. The van der Waals surface area contributed by atoms with E-state index in [-0.39, 0.29) is 23.7 Å². The monoisotopic (exact) mass is 524 g/mol. The molecule has 0 aliphatic carbocycles. The minimum atomic E-state index is -0.837. The van der Waals surface area contributed by atoms with Crippen molar-refractivity contribution in [3.05, 3.63) is 75.8 Å². The van der Waals surface area contributed by atoms with Crippen molar-refractivity contribution < 1.29 is 33.6 Å². The number of piperazine rings is 1. The Kier molecular flexibility index (Phi) is 8.42. The van der Waals surface area contributed by atoms with Crippen LogP contribution in [0.15, 0.2) is 57.7 Å². The highest BCUT2D eigenvalue weighted by atomic mass is 16.5. The molecule has 0 saturated carbocycles. The van der Waals surface area contributed by atoms with Crippen LogP contribution in [0.5, 0.6) is 23.0 Å². The van der Waals surface area contributed by atoms with E-state index < -0.39 is 23.1 Å². The average molecular weight is 525 g/mol.